The summed E-state index contributed by atoms with van der Waals surface area (Å²) in [6.45, 7) is 4.54. The molecule has 0 radical (unpaired) electrons. The van der Waals surface area contributed by atoms with Crippen molar-refractivity contribution in [1.82, 2.24) is 9.55 Å². The van der Waals surface area contributed by atoms with Crippen LogP contribution in [0, 0.1) is 0 Å². The Bertz CT molecular complexity index is 917. The third-order valence-corrected chi connectivity index (χ3v) is 4.23. The Kier molecular flexibility index (Phi) is 6.81. The molecular weight excluding hydrogens is 348 g/mol. The first-order valence-electron chi connectivity index (χ1n) is 9.03. The van der Waals surface area contributed by atoms with Gasteiger partial charge in [-0.3, -0.25) is 19.1 Å². The van der Waals surface area contributed by atoms with Crippen LogP contribution in [0.3, 0.4) is 0 Å². The van der Waals surface area contributed by atoms with E-state index in [1.165, 1.54) is 16.6 Å². The number of hydrogen-bond acceptors (Lipinski definition) is 5. The van der Waals surface area contributed by atoms with Gasteiger partial charge in [-0.15, -0.1) is 0 Å². The second-order valence-corrected chi connectivity index (χ2v) is 6.19. The summed E-state index contributed by atoms with van der Waals surface area (Å²) in [7, 11) is 1.51. The number of nitrogens with one attached hydrogen (secondary N) is 1. The number of carbonyl (C=O) groups excluding carboxylic acids is 1. The molecule has 0 aliphatic heterocycles. The number of nitrogen functional groups attached to an aromatic ring is 1. The van der Waals surface area contributed by atoms with Crippen molar-refractivity contribution in [1.29, 1.82) is 0 Å². The molecule has 146 valence electrons. The highest BCUT2D eigenvalue weighted by atomic mass is 16.5. The lowest BCUT2D eigenvalue weighted by molar-refractivity contribution is 0.0986. The van der Waals surface area contributed by atoms with Crippen LogP contribution in [0.4, 0.5) is 11.5 Å². The molecule has 8 heteroatoms. The average Bonchev–Trinajstić information content (AvgIpc) is 2.66. The van der Waals surface area contributed by atoms with Crippen LogP contribution in [0.25, 0.3) is 0 Å². The lowest BCUT2D eigenvalue weighted by atomic mass is 10.1. The van der Waals surface area contributed by atoms with Gasteiger partial charge in [-0.1, -0.05) is 26.3 Å². The van der Waals surface area contributed by atoms with E-state index in [-0.39, 0.29) is 24.0 Å². The topological polar surface area (TPSA) is 110 Å². The molecule has 8 nitrogen and oxygen atoms in total. The molecule has 1 amide bonds. The quantitative estimate of drug-likeness (QED) is 0.734. The normalized spacial score (nSPS) is 10.6. The van der Waals surface area contributed by atoms with Crippen molar-refractivity contribution in [3.8, 4) is 5.75 Å². The summed E-state index contributed by atoms with van der Waals surface area (Å²) in [5.41, 5.74) is 5.28. The monoisotopic (exact) mass is 374 g/mol. The number of ether oxygens (including phenoxy) is 1. The summed E-state index contributed by atoms with van der Waals surface area (Å²) in [5, 5.41) is 0. The molecule has 0 aliphatic rings. The minimum atomic E-state index is -0.671. The Labute approximate surface area is 157 Å². The molecule has 1 aromatic heterocycles. The number of amides is 1. The van der Waals surface area contributed by atoms with Crippen molar-refractivity contribution in [3.05, 3.63) is 50.7 Å². The molecule has 3 N–H and O–H groups in total. The molecule has 0 unspecified atom stereocenters. The first-order chi connectivity index (χ1) is 12.9. The maximum Gasteiger partial charge on any atom is 0.330 e. The number of nitrogens with two attached hydrogens (primary N) is 1. The van der Waals surface area contributed by atoms with Gasteiger partial charge in [0.15, 0.2) is 5.69 Å². The van der Waals surface area contributed by atoms with Gasteiger partial charge in [0.2, 0.25) is 0 Å². The number of H-pyrrole nitrogens is 1. The number of anilines is 2. The lowest BCUT2D eigenvalue weighted by Crippen LogP contribution is -2.41. The van der Waals surface area contributed by atoms with Crippen molar-refractivity contribution < 1.29 is 9.53 Å². The number of aromatic nitrogens is 2. The Balaban J connectivity index is 2.57. The minimum absolute atomic E-state index is 0.000345. The zero-order valence-corrected chi connectivity index (χ0v) is 15.9. The molecule has 0 saturated carbocycles. The van der Waals surface area contributed by atoms with Crippen molar-refractivity contribution in [2.24, 2.45) is 0 Å². The standard InChI is InChI=1S/C19H26N4O4/c1-4-6-11-23-16(20)15(17(24)21-19(23)26)22(10-5-2)18(25)13-8-7-9-14(12-13)27-3/h7-9,12H,4-6,10-11,20H2,1-3H3,(H,21,24,26). The van der Waals surface area contributed by atoms with E-state index in [9.17, 15) is 14.4 Å². The number of hydrogen-bond donors (Lipinski definition) is 2. The van der Waals surface area contributed by atoms with Crippen molar-refractivity contribution in [2.75, 3.05) is 24.3 Å². The van der Waals surface area contributed by atoms with Gasteiger partial charge in [-0.25, -0.2) is 4.79 Å². The van der Waals surface area contributed by atoms with Gasteiger partial charge < -0.3 is 15.4 Å². The molecule has 0 spiro atoms. The molecule has 0 aliphatic carbocycles. The van der Waals surface area contributed by atoms with Gasteiger partial charge in [0.25, 0.3) is 11.5 Å². The molecule has 0 atom stereocenters. The Morgan fingerprint density at radius 2 is 2.00 bits per heavy atom. The van der Waals surface area contributed by atoms with Crippen LogP contribution in [-0.4, -0.2) is 29.1 Å². The van der Waals surface area contributed by atoms with E-state index < -0.39 is 11.2 Å². The number of benzene rings is 1. The maximum absolute atomic E-state index is 13.1. The predicted octanol–water partition coefficient (Wildman–Crippen LogP) is 1.98. The summed E-state index contributed by atoms with van der Waals surface area (Å²) in [4.78, 5) is 41.3. The van der Waals surface area contributed by atoms with Gasteiger partial charge in [0.05, 0.1) is 7.11 Å². The fourth-order valence-corrected chi connectivity index (χ4v) is 2.83. The number of nitrogens with zero attached hydrogens (tertiary/aromatic N) is 2. The van der Waals surface area contributed by atoms with Crippen LogP contribution in [0.5, 0.6) is 5.75 Å². The first kappa shape index (κ1) is 20.3. The van der Waals surface area contributed by atoms with E-state index in [2.05, 4.69) is 4.98 Å². The van der Waals surface area contributed by atoms with Crippen LogP contribution < -0.4 is 26.6 Å². The van der Waals surface area contributed by atoms with Crippen LogP contribution in [-0.2, 0) is 6.54 Å². The summed E-state index contributed by atoms with van der Waals surface area (Å²) in [6.07, 6.45) is 2.21. The maximum atomic E-state index is 13.1. The Morgan fingerprint density at radius 1 is 1.26 bits per heavy atom. The highest BCUT2D eigenvalue weighted by molar-refractivity contribution is 6.07. The summed E-state index contributed by atoms with van der Waals surface area (Å²) < 4.78 is 6.48. The molecule has 2 rings (SSSR count). The van der Waals surface area contributed by atoms with Gasteiger partial charge in [-0.2, -0.15) is 0 Å². The number of carbonyl (C=O) groups is 1. The number of rotatable bonds is 8. The Hall–Kier alpha value is -3.03. The van der Waals surface area contributed by atoms with E-state index in [1.54, 1.807) is 24.3 Å². The summed E-state index contributed by atoms with van der Waals surface area (Å²) in [5.74, 6) is 0.155. The molecule has 0 saturated heterocycles. The average molecular weight is 374 g/mol. The molecule has 1 aromatic carbocycles. The molecule has 0 fully saturated rings. The lowest BCUT2D eigenvalue weighted by Gasteiger charge is -2.24. The first-order valence-corrected chi connectivity index (χ1v) is 9.03. The predicted molar refractivity (Wildman–Crippen MR) is 106 cm³/mol. The summed E-state index contributed by atoms with van der Waals surface area (Å²) in [6, 6.07) is 6.67. The number of unbranched alkanes of at least 4 members (excludes halogenated alkanes) is 1. The van der Waals surface area contributed by atoms with Gasteiger partial charge in [0, 0.05) is 18.7 Å². The number of methoxy groups -OCH3 is 1. The van der Waals surface area contributed by atoms with Crippen molar-refractivity contribution in [2.45, 2.75) is 39.7 Å². The van der Waals surface area contributed by atoms with E-state index in [4.69, 9.17) is 10.5 Å². The van der Waals surface area contributed by atoms with Crippen LogP contribution in [0.1, 0.15) is 43.5 Å². The van der Waals surface area contributed by atoms with Crippen LogP contribution in [0.2, 0.25) is 0 Å². The third-order valence-electron chi connectivity index (χ3n) is 4.23. The van der Waals surface area contributed by atoms with E-state index in [1.807, 2.05) is 13.8 Å². The zero-order valence-electron chi connectivity index (χ0n) is 15.9. The van der Waals surface area contributed by atoms with Crippen LogP contribution in [0.15, 0.2) is 33.9 Å². The SMILES string of the molecule is CCCCn1c(N)c(N(CCC)C(=O)c2cccc(OC)c2)c(=O)[nH]c1=O. The number of aromatic amines is 1. The van der Waals surface area contributed by atoms with Gasteiger partial charge in [-0.05, 0) is 31.0 Å². The minimum Gasteiger partial charge on any atom is -0.497 e. The smallest absolute Gasteiger partial charge is 0.330 e. The second-order valence-electron chi connectivity index (χ2n) is 6.19. The second kappa shape index (κ2) is 9.07. The molecule has 27 heavy (non-hydrogen) atoms. The Morgan fingerprint density at radius 3 is 2.63 bits per heavy atom. The van der Waals surface area contributed by atoms with Crippen molar-refractivity contribution in [3.63, 3.8) is 0 Å². The molecule has 2 aromatic rings. The highest BCUT2D eigenvalue weighted by Crippen LogP contribution is 2.22. The van der Waals surface area contributed by atoms with Gasteiger partial charge in [0.1, 0.15) is 11.6 Å². The van der Waals surface area contributed by atoms with E-state index >= 15 is 0 Å². The fraction of sp³-hybridized carbons (Fsp3) is 0.421. The van der Waals surface area contributed by atoms with Gasteiger partial charge >= 0.3 is 5.69 Å². The summed E-state index contributed by atoms with van der Waals surface area (Å²) >= 11 is 0. The largest absolute Gasteiger partial charge is 0.497 e. The molecular formula is C19H26N4O4. The fourth-order valence-electron chi connectivity index (χ4n) is 2.83. The molecule has 1 heterocycles. The van der Waals surface area contributed by atoms with E-state index in [0.717, 1.165) is 12.8 Å². The van der Waals surface area contributed by atoms with Crippen LogP contribution >= 0.6 is 0 Å². The highest BCUT2D eigenvalue weighted by Gasteiger charge is 2.24. The zero-order chi connectivity index (χ0) is 20.0. The van der Waals surface area contributed by atoms with E-state index in [0.29, 0.717) is 24.3 Å². The third kappa shape index (κ3) is 4.39. The van der Waals surface area contributed by atoms with Crippen molar-refractivity contribution >= 4 is 17.4 Å². The molecule has 0 bridgehead atoms.